The van der Waals surface area contributed by atoms with Crippen LogP contribution in [0.2, 0.25) is 0 Å². The minimum absolute atomic E-state index is 0.144. The average Bonchev–Trinajstić information content (AvgIpc) is 3.02. The second-order valence-electron chi connectivity index (χ2n) is 5.17. The molecule has 0 bridgehead atoms. The molecule has 2 aromatic carbocycles. The highest BCUT2D eigenvalue weighted by molar-refractivity contribution is 6.08. The van der Waals surface area contributed by atoms with Crippen LogP contribution in [0.3, 0.4) is 0 Å². The quantitative estimate of drug-likeness (QED) is 0.847. The highest BCUT2D eigenvalue weighted by Crippen LogP contribution is 2.33. The fourth-order valence-corrected chi connectivity index (χ4v) is 2.24. The number of ether oxygens (including phenoxy) is 2. The van der Waals surface area contributed by atoms with Gasteiger partial charge in [-0.2, -0.15) is 0 Å². The van der Waals surface area contributed by atoms with Gasteiger partial charge in [0.05, 0.1) is 0 Å². The maximum Gasteiger partial charge on any atom is 0.272 e. The Balaban J connectivity index is 1.85. The van der Waals surface area contributed by atoms with Crippen molar-refractivity contribution in [2.24, 2.45) is 0 Å². The van der Waals surface area contributed by atoms with Crippen LogP contribution in [0.4, 0.5) is 5.69 Å². The molecule has 2 N–H and O–H groups in total. The van der Waals surface area contributed by atoms with E-state index in [2.05, 4.69) is 10.6 Å². The highest BCUT2D eigenvalue weighted by Gasteiger charge is 2.15. The molecular weight excluding hydrogens is 308 g/mol. The fourth-order valence-electron chi connectivity index (χ4n) is 2.24. The Morgan fingerprint density at radius 1 is 1.04 bits per heavy atom. The van der Waals surface area contributed by atoms with E-state index in [0.29, 0.717) is 22.7 Å². The lowest BCUT2D eigenvalue weighted by Gasteiger charge is -2.10. The normalized spacial score (nSPS) is 12.6. The number of rotatable bonds is 4. The van der Waals surface area contributed by atoms with Crippen LogP contribution in [-0.2, 0) is 9.59 Å². The number of fused-ring (bicyclic) bond motifs is 1. The molecule has 6 heteroatoms. The molecule has 24 heavy (non-hydrogen) atoms. The van der Waals surface area contributed by atoms with Gasteiger partial charge in [-0.05, 0) is 35.9 Å². The molecule has 0 aliphatic carbocycles. The summed E-state index contributed by atoms with van der Waals surface area (Å²) < 4.78 is 10.6. The van der Waals surface area contributed by atoms with E-state index in [9.17, 15) is 9.59 Å². The van der Waals surface area contributed by atoms with Gasteiger partial charge >= 0.3 is 0 Å². The Hall–Kier alpha value is -3.28. The van der Waals surface area contributed by atoms with E-state index >= 15 is 0 Å². The summed E-state index contributed by atoms with van der Waals surface area (Å²) in [5.74, 6) is 0.524. The third kappa shape index (κ3) is 3.73. The largest absolute Gasteiger partial charge is 0.454 e. The predicted octanol–water partition coefficient (Wildman–Crippen LogP) is 2.53. The van der Waals surface area contributed by atoms with Gasteiger partial charge in [0.1, 0.15) is 5.70 Å². The smallest absolute Gasteiger partial charge is 0.272 e. The third-order valence-electron chi connectivity index (χ3n) is 3.29. The van der Waals surface area contributed by atoms with Gasteiger partial charge in [-0.3, -0.25) is 9.59 Å². The van der Waals surface area contributed by atoms with Crippen molar-refractivity contribution in [2.45, 2.75) is 6.92 Å². The number of benzene rings is 2. The molecule has 0 spiro atoms. The number of anilines is 1. The molecule has 0 saturated heterocycles. The summed E-state index contributed by atoms with van der Waals surface area (Å²) in [5.41, 5.74) is 1.50. The Bertz CT molecular complexity index is 800. The molecule has 122 valence electrons. The first-order chi connectivity index (χ1) is 11.6. The van der Waals surface area contributed by atoms with Crippen molar-refractivity contribution in [3.8, 4) is 11.5 Å². The molecular formula is C18H16N2O4. The Morgan fingerprint density at radius 2 is 1.79 bits per heavy atom. The molecule has 6 nitrogen and oxygen atoms in total. The number of carbonyl (C=O) groups is 2. The van der Waals surface area contributed by atoms with Crippen molar-refractivity contribution in [1.29, 1.82) is 0 Å². The Labute approximate surface area is 139 Å². The van der Waals surface area contributed by atoms with Crippen molar-refractivity contribution in [3.05, 3.63) is 59.8 Å². The van der Waals surface area contributed by atoms with Crippen molar-refractivity contribution in [3.63, 3.8) is 0 Å². The number of hydrogen-bond donors (Lipinski definition) is 2. The molecule has 0 fully saturated rings. The molecule has 0 aromatic heterocycles. The molecule has 0 saturated carbocycles. The fraction of sp³-hybridized carbons (Fsp3) is 0.111. The van der Waals surface area contributed by atoms with E-state index in [1.165, 1.54) is 6.92 Å². The van der Waals surface area contributed by atoms with Crippen LogP contribution in [0.25, 0.3) is 6.08 Å². The summed E-state index contributed by atoms with van der Waals surface area (Å²) in [6.45, 7) is 1.53. The molecule has 1 heterocycles. The van der Waals surface area contributed by atoms with E-state index in [-0.39, 0.29) is 18.4 Å². The maximum atomic E-state index is 12.4. The maximum absolute atomic E-state index is 12.4. The zero-order chi connectivity index (χ0) is 16.9. The van der Waals surface area contributed by atoms with E-state index in [4.69, 9.17) is 9.47 Å². The van der Waals surface area contributed by atoms with Crippen LogP contribution in [0.5, 0.6) is 11.5 Å². The van der Waals surface area contributed by atoms with Crippen molar-refractivity contribution < 1.29 is 19.1 Å². The Morgan fingerprint density at radius 3 is 2.54 bits per heavy atom. The van der Waals surface area contributed by atoms with Gasteiger partial charge < -0.3 is 20.1 Å². The summed E-state index contributed by atoms with van der Waals surface area (Å²) in [6, 6.07) is 14.3. The number of para-hydroxylation sites is 1. The van der Waals surface area contributed by atoms with Crippen LogP contribution in [0.1, 0.15) is 12.5 Å². The van der Waals surface area contributed by atoms with Gasteiger partial charge in [-0.1, -0.05) is 24.3 Å². The third-order valence-corrected chi connectivity index (χ3v) is 3.29. The summed E-state index contributed by atoms with van der Waals surface area (Å²) in [6.07, 6.45) is 1.58. The lowest BCUT2D eigenvalue weighted by molar-refractivity contribution is -0.120. The summed E-state index contributed by atoms with van der Waals surface area (Å²) in [5, 5.41) is 5.30. The van der Waals surface area contributed by atoms with E-state index in [1.54, 1.807) is 36.4 Å². The summed E-state index contributed by atoms with van der Waals surface area (Å²) in [7, 11) is 0. The van der Waals surface area contributed by atoms with Gasteiger partial charge in [0.25, 0.3) is 5.91 Å². The average molecular weight is 324 g/mol. The molecule has 0 unspecified atom stereocenters. The molecule has 0 atom stereocenters. The molecule has 0 radical (unpaired) electrons. The van der Waals surface area contributed by atoms with Crippen molar-refractivity contribution in [1.82, 2.24) is 5.32 Å². The zero-order valence-corrected chi connectivity index (χ0v) is 13.0. The zero-order valence-electron chi connectivity index (χ0n) is 13.0. The minimum Gasteiger partial charge on any atom is -0.454 e. The summed E-state index contributed by atoms with van der Waals surface area (Å²) in [4.78, 5) is 23.8. The minimum atomic E-state index is -0.408. The van der Waals surface area contributed by atoms with E-state index in [1.807, 2.05) is 18.2 Å². The number of amides is 2. The second kappa shape index (κ2) is 6.87. The predicted molar refractivity (Wildman–Crippen MR) is 89.4 cm³/mol. The van der Waals surface area contributed by atoms with Crippen LogP contribution < -0.4 is 20.1 Å². The number of carbonyl (C=O) groups excluding carboxylic acids is 2. The number of hydrogen-bond acceptors (Lipinski definition) is 4. The number of nitrogens with one attached hydrogen (secondary N) is 2. The molecule has 1 aliphatic heterocycles. The lowest BCUT2D eigenvalue weighted by Crippen LogP contribution is -2.28. The topological polar surface area (TPSA) is 76.7 Å². The van der Waals surface area contributed by atoms with Crippen LogP contribution >= 0.6 is 0 Å². The molecule has 2 amide bonds. The molecule has 3 rings (SSSR count). The van der Waals surface area contributed by atoms with Crippen molar-refractivity contribution in [2.75, 3.05) is 12.1 Å². The standard InChI is InChI=1S/C18H16N2O4/c1-12(21)19-15(18(22)20-14-5-3-2-4-6-14)9-13-7-8-16-17(10-13)24-11-23-16/h2-10H,11H2,1H3,(H,19,21)(H,20,22)/b15-9+. The van der Waals surface area contributed by atoms with Crippen LogP contribution in [0, 0.1) is 0 Å². The van der Waals surface area contributed by atoms with Crippen LogP contribution in [0.15, 0.2) is 54.2 Å². The van der Waals surface area contributed by atoms with E-state index < -0.39 is 5.91 Å². The first-order valence-corrected chi connectivity index (χ1v) is 7.37. The molecule has 1 aliphatic rings. The van der Waals surface area contributed by atoms with Crippen molar-refractivity contribution >= 4 is 23.6 Å². The Kier molecular flexibility index (Phi) is 4.47. The van der Waals surface area contributed by atoms with Gasteiger partial charge in [-0.25, -0.2) is 0 Å². The first kappa shape index (κ1) is 15.6. The van der Waals surface area contributed by atoms with Gasteiger partial charge in [0, 0.05) is 12.6 Å². The highest BCUT2D eigenvalue weighted by atomic mass is 16.7. The van der Waals surface area contributed by atoms with Gasteiger partial charge in [0.2, 0.25) is 12.7 Å². The second-order valence-corrected chi connectivity index (χ2v) is 5.17. The van der Waals surface area contributed by atoms with Gasteiger partial charge in [-0.15, -0.1) is 0 Å². The van der Waals surface area contributed by atoms with E-state index in [0.717, 1.165) is 0 Å². The summed E-state index contributed by atoms with van der Waals surface area (Å²) >= 11 is 0. The monoisotopic (exact) mass is 324 g/mol. The lowest BCUT2D eigenvalue weighted by atomic mass is 10.1. The first-order valence-electron chi connectivity index (χ1n) is 7.37. The molecule has 2 aromatic rings. The van der Waals surface area contributed by atoms with Crippen LogP contribution in [-0.4, -0.2) is 18.6 Å². The van der Waals surface area contributed by atoms with Gasteiger partial charge in [0.15, 0.2) is 11.5 Å². The SMILES string of the molecule is CC(=O)N/C(=C/c1ccc2c(c1)OCO2)C(=O)Nc1ccccc1.